The van der Waals surface area contributed by atoms with Crippen molar-refractivity contribution in [3.8, 4) is 0 Å². The summed E-state index contributed by atoms with van der Waals surface area (Å²) >= 11 is 0. The molecule has 0 saturated heterocycles. The third-order valence-corrected chi connectivity index (χ3v) is 2.26. The molecule has 1 rings (SSSR count). The summed E-state index contributed by atoms with van der Waals surface area (Å²) in [6.45, 7) is 2.06. The lowest BCUT2D eigenvalue weighted by Gasteiger charge is -2.18. The Kier molecular flexibility index (Phi) is 3.99. The van der Waals surface area contributed by atoms with Gasteiger partial charge in [0.1, 0.15) is 0 Å². The molecule has 3 heteroatoms. The Morgan fingerprint density at radius 3 is 2.85 bits per heavy atom. The molecule has 1 heterocycles. The molecular weight excluding hydrogens is 166 g/mol. The number of methoxy groups -OCH3 is 1. The number of rotatable bonds is 5. The molecule has 0 saturated carbocycles. The molecule has 0 bridgehead atoms. The number of nitrogens with one attached hydrogen (secondary N) is 1. The average Bonchev–Trinajstić information content (AvgIpc) is 2.66. The summed E-state index contributed by atoms with van der Waals surface area (Å²) in [4.78, 5) is 0. The van der Waals surface area contributed by atoms with E-state index >= 15 is 0 Å². The second kappa shape index (κ2) is 5.04. The molecule has 0 spiro atoms. The number of ether oxygens (including phenoxy) is 1. The van der Waals surface area contributed by atoms with Crippen molar-refractivity contribution in [2.45, 2.75) is 25.5 Å². The van der Waals surface area contributed by atoms with Gasteiger partial charge in [0.2, 0.25) is 0 Å². The van der Waals surface area contributed by atoms with Crippen LogP contribution in [0.4, 0.5) is 0 Å². The predicted molar refractivity (Wildman–Crippen MR) is 51.6 cm³/mol. The fourth-order valence-corrected chi connectivity index (χ4v) is 1.32. The van der Waals surface area contributed by atoms with Crippen molar-refractivity contribution in [3.05, 3.63) is 24.2 Å². The van der Waals surface area contributed by atoms with E-state index in [4.69, 9.17) is 9.15 Å². The van der Waals surface area contributed by atoms with Crippen LogP contribution in [0.1, 0.15) is 24.9 Å². The van der Waals surface area contributed by atoms with Crippen molar-refractivity contribution in [2.75, 3.05) is 14.2 Å². The first kappa shape index (κ1) is 10.3. The van der Waals surface area contributed by atoms with Crippen LogP contribution in [0.25, 0.3) is 0 Å². The fourth-order valence-electron chi connectivity index (χ4n) is 1.32. The highest BCUT2D eigenvalue weighted by atomic mass is 16.5. The van der Waals surface area contributed by atoms with Gasteiger partial charge in [0.25, 0.3) is 0 Å². The first-order valence-corrected chi connectivity index (χ1v) is 4.50. The predicted octanol–water partition coefficient (Wildman–Crippen LogP) is 1.97. The summed E-state index contributed by atoms with van der Waals surface area (Å²) in [7, 11) is 3.67. The third kappa shape index (κ3) is 2.86. The van der Waals surface area contributed by atoms with Crippen LogP contribution >= 0.6 is 0 Å². The highest BCUT2D eigenvalue weighted by Crippen LogP contribution is 2.19. The molecule has 74 valence electrons. The maximum Gasteiger partial charge on any atom is 0.0950 e. The van der Waals surface area contributed by atoms with Gasteiger partial charge in [0.05, 0.1) is 18.6 Å². The van der Waals surface area contributed by atoms with Crippen LogP contribution in [0.5, 0.6) is 0 Å². The number of hydrogen-bond donors (Lipinski definition) is 1. The van der Waals surface area contributed by atoms with Gasteiger partial charge in [-0.05, 0) is 26.5 Å². The van der Waals surface area contributed by atoms with E-state index in [-0.39, 0.29) is 6.10 Å². The summed E-state index contributed by atoms with van der Waals surface area (Å²) in [6, 6.07) is 2.29. The van der Waals surface area contributed by atoms with Crippen molar-refractivity contribution in [3.63, 3.8) is 0 Å². The molecule has 0 amide bonds. The molecule has 1 aromatic heterocycles. The van der Waals surface area contributed by atoms with Gasteiger partial charge >= 0.3 is 0 Å². The fraction of sp³-hybridized carbons (Fsp3) is 0.600. The van der Waals surface area contributed by atoms with E-state index in [0.29, 0.717) is 6.04 Å². The molecule has 2 atom stereocenters. The van der Waals surface area contributed by atoms with Gasteiger partial charge < -0.3 is 14.5 Å². The summed E-state index contributed by atoms with van der Waals surface area (Å²) in [5.41, 5.74) is 1.17. The number of hydrogen-bond acceptors (Lipinski definition) is 3. The van der Waals surface area contributed by atoms with Gasteiger partial charge in [0.15, 0.2) is 0 Å². The molecule has 2 unspecified atom stereocenters. The molecule has 0 aliphatic rings. The standard InChI is InChI=1S/C10H17NO2/c1-8(12-3)6-10(11-2)9-4-5-13-7-9/h4-5,7-8,10-11H,6H2,1-3H3. The van der Waals surface area contributed by atoms with Crippen LogP contribution < -0.4 is 5.32 Å². The number of furan rings is 1. The van der Waals surface area contributed by atoms with Gasteiger partial charge in [-0.15, -0.1) is 0 Å². The average molecular weight is 183 g/mol. The van der Waals surface area contributed by atoms with Crippen molar-refractivity contribution in [1.82, 2.24) is 5.32 Å². The molecule has 13 heavy (non-hydrogen) atoms. The lowest BCUT2D eigenvalue weighted by Crippen LogP contribution is -2.21. The molecule has 3 nitrogen and oxygen atoms in total. The highest BCUT2D eigenvalue weighted by molar-refractivity contribution is 5.11. The minimum Gasteiger partial charge on any atom is -0.472 e. The van der Waals surface area contributed by atoms with Crippen molar-refractivity contribution >= 4 is 0 Å². The van der Waals surface area contributed by atoms with Crippen LogP contribution in [-0.2, 0) is 4.74 Å². The van der Waals surface area contributed by atoms with E-state index in [2.05, 4.69) is 12.2 Å². The first-order valence-electron chi connectivity index (χ1n) is 4.50. The molecule has 0 aliphatic carbocycles. The Bertz CT molecular complexity index is 221. The maximum absolute atomic E-state index is 5.21. The topological polar surface area (TPSA) is 34.4 Å². The SMILES string of the molecule is CNC(CC(C)OC)c1ccoc1. The zero-order chi connectivity index (χ0) is 9.68. The smallest absolute Gasteiger partial charge is 0.0950 e. The Morgan fingerprint density at radius 1 is 1.62 bits per heavy atom. The largest absolute Gasteiger partial charge is 0.472 e. The lowest BCUT2D eigenvalue weighted by molar-refractivity contribution is 0.101. The second-order valence-electron chi connectivity index (χ2n) is 3.18. The Labute approximate surface area is 79.1 Å². The van der Waals surface area contributed by atoms with Crippen molar-refractivity contribution < 1.29 is 9.15 Å². The van der Waals surface area contributed by atoms with Gasteiger partial charge in [0, 0.05) is 18.7 Å². The summed E-state index contributed by atoms with van der Waals surface area (Å²) in [5.74, 6) is 0. The van der Waals surface area contributed by atoms with Gasteiger partial charge in [-0.2, -0.15) is 0 Å². The second-order valence-corrected chi connectivity index (χ2v) is 3.18. The Hall–Kier alpha value is -0.800. The van der Waals surface area contributed by atoms with Crippen LogP contribution in [0.2, 0.25) is 0 Å². The molecule has 0 aromatic carbocycles. The van der Waals surface area contributed by atoms with Crippen LogP contribution in [-0.4, -0.2) is 20.3 Å². The Morgan fingerprint density at radius 2 is 2.38 bits per heavy atom. The van der Waals surface area contributed by atoms with Crippen LogP contribution in [0, 0.1) is 0 Å². The maximum atomic E-state index is 5.21. The molecule has 0 fully saturated rings. The van der Waals surface area contributed by atoms with Crippen molar-refractivity contribution in [2.24, 2.45) is 0 Å². The van der Waals surface area contributed by atoms with Crippen LogP contribution in [0.3, 0.4) is 0 Å². The highest BCUT2D eigenvalue weighted by Gasteiger charge is 2.13. The molecule has 1 aromatic rings. The van der Waals surface area contributed by atoms with E-state index < -0.39 is 0 Å². The summed E-state index contributed by atoms with van der Waals surface area (Å²) in [5, 5.41) is 3.23. The van der Waals surface area contributed by atoms with E-state index in [9.17, 15) is 0 Å². The molecule has 1 N–H and O–H groups in total. The van der Waals surface area contributed by atoms with E-state index in [0.717, 1.165) is 6.42 Å². The minimum absolute atomic E-state index is 0.257. The van der Waals surface area contributed by atoms with Gasteiger partial charge in [-0.25, -0.2) is 0 Å². The minimum atomic E-state index is 0.257. The Balaban J connectivity index is 2.53. The first-order chi connectivity index (χ1) is 6.27. The van der Waals surface area contributed by atoms with E-state index in [1.54, 1.807) is 19.6 Å². The molecular formula is C10H17NO2. The van der Waals surface area contributed by atoms with Gasteiger partial charge in [-0.3, -0.25) is 0 Å². The zero-order valence-electron chi connectivity index (χ0n) is 8.41. The monoisotopic (exact) mass is 183 g/mol. The molecule has 0 aliphatic heterocycles. The summed E-state index contributed by atoms with van der Waals surface area (Å²) < 4.78 is 10.2. The normalized spacial score (nSPS) is 15.6. The van der Waals surface area contributed by atoms with Gasteiger partial charge in [-0.1, -0.05) is 0 Å². The van der Waals surface area contributed by atoms with Crippen LogP contribution in [0.15, 0.2) is 23.0 Å². The molecule has 0 radical (unpaired) electrons. The summed E-state index contributed by atoms with van der Waals surface area (Å²) in [6.07, 6.45) is 4.67. The van der Waals surface area contributed by atoms with E-state index in [1.165, 1.54) is 5.56 Å². The third-order valence-electron chi connectivity index (χ3n) is 2.26. The van der Waals surface area contributed by atoms with E-state index in [1.807, 2.05) is 13.1 Å². The zero-order valence-corrected chi connectivity index (χ0v) is 8.41. The lowest BCUT2D eigenvalue weighted by atomic mass is 10.0. The quantitative estimate of drug-likeness (QED) is 0.757. The van der Waals surface area contributed by atoms with Crippen molar-refractivity contribution in [1.29, 1.82) is 0 Å².